The monoisotopic (exact) mass is 260 g/mol. The smallest absolute Gasteiger partial charge is 0.406 e. The number of hydrogen-bond donors (Lipinski definition) is 0. The molecule has 0 spiro atoms. The summed E-state index contributed by atoms with van der Waals surface area (Å²) in [7, 11) is 0. The van der Waals surface area contributed by atoms with Crippen molar-refractivity contribution >= 4 is 5.78 Å². The summed E-state index contributed by atoms with van der Waals surface area (Å²) in [5.74, 6) is -0.117. The van der Waals surface area contributed by atoms with Gasteiger partial charge in [-0.1, -0.05) is 20.3 Å². The lowest BCUT2D eigenvalue weighted by Gasteiger charge is -2.10. The Hall–Kier alpha value is -1.52. The van der Waals surface area contributed by atoms with Crippen LogP contribution in [0.1, 0.15) is 37.0 Å². The third-order valence-corrected chi connectivity index (χ3v) is 2.64. The second-order valence-electron chi connectivity index (χ2n) is 4.21. The topological polar surface area (TPSA) is 26.3 Å². The molecular formula is C13H15F3O2. The second kappa shape index (κ2) is 5.89. The van der Waals surface area contributed by atoms with Crippen LogP contribution in [-0.2, 0) is 0 Å². The van der Waals surface area contributed by atoms with Gasteiger partial charge in [0.05, 0.1) is 0 Å². The minimum Gasteiger partial charge on any atom is -0.406 e. The average Bonchev–Trinajstić information content (AvgIpc) is 2.27. The number of ketones is 1. The van der Waals surface area contributed by atoms with Crippen LogP contribution in [0.25, 0.3) is 0 Å². The van der Waals surface area contributed by atoms with Gasteiger partial charge < -0.3 is 4.74 Å². The standard InChI is InChI=1S/C13H15F3O2/c1-3-9(2)8-12(17)10-4-6-11(7-5-10)18-13(14,15)16/h4-7,9H,3,8H2,1-2H3. The van der Waals surface area contributed by atoms with Crippen molar-refractivity contribution in [2.45, 2.75) is 33.1 Å². The Bertz CT molecular complexity index is 396. The molecule has 1 rings (SSSR count). The van der Waals surface area contributed by atoms with E-state index in [1.807, 2.05) is 13.8 Å². The molecule has 1 aromatic rings. The molecule has 1 atom stereocenters. The summed E-state index contributed by atoms with van der Waals surface area (Å²) in [5, 5.41) is 0. The Kier molecular flexibility index (Phi) is 4.76. The fourth-order valence-electron chi connectivity index (χ4n) is 1.42. The van der Waals surface area contributed by atoms with Crippen LogP contribution in [0.15, 0.2) is 24.3 Å². The van der Waals surface area contributed by atoms with Crippen LogP contribution < -0.4 is 4.74 Å². The molecule has 18 heavy (non-hydrogen) atoms. The van der Waals surface area contributed by atoms with Crippen molar-refractivity contribution in [2.24, 2.45) is 5.92 Å². The number of alkyl halides is 3. The highest BCUT2D eigenvalue weighted by Gasteiger charge is 2.31. The maximum absolute atomic E-state index is 11.9. The van der Waals surface area contributed by atoms with Gasteiger partial charge in [-0.05, 0) is 30.2 Å². The fourth-order valence-corrected chi connectivity index (χ4v) is 1.42. The van der Waals surface area contributed by atoms with Crippen molar-refractivity contribution in [3.05, 3.63) is 29.8 Å². The van der Waals surface area contributed by atoms with Gasteiger partial charge >= 0.3 is 6.36 Å². The first-order valence-corrected chi connectivity index (χ1v) is 5.71. The molecule has 2 nitrogen and oxygen atoms in total. The quantitative estimate of drug-likeness (QED) is 0.741. The van der Waals surface area contributed by atoms with Crippen LogP contribution in [0.4, 0.5) is 13.2 Å². The van der Waals surface area contributed by atoms with Gasteiger partial charge in [0.2, 0.25) is 0 Å². The highest BCUT2D eigenvalue weighted by Crippen LogP contribution is 2.23. The van der Waals surface area contributed by atoms with E-state index in [0.29, 0.717) is 12.0 Å². The van der Waals surface area contributed by atoms with Gasteiger partial charge in [-0.2, -0.15) is 0 Å². The number of carbonyl (C=O) groups is 1. The molecule has 0 amide bonds. The van der Waals surface area contributed by atoms with E-state index >= 15 is 0 Å². The van der Waals surface area contributed by atoms with Crippen LogP contribution in [0.2, 0.25) is 0 Å². The maximum atomic E-state index is 11.9. The SMILES string of the molecule is CCC(C)CC(=O)c1ccc(OC(F)(F)F)cc1. The van der Waals surface area contributed by atoms with Crippen molar-refractivity contribution in [1.29, 1.82) is 0 Å². The molecule has 0 fully saturated rings. The fraction of sp³-hybridized carbons (Fsp3) is 0.462. The van der Waals surface area contributed by atoms with E-state index in [1.165, 1.54) is 12.1 Å². The summed E-state index contributed by atoms with van der Waals surface area (Å²) in [6.07, 6.45) is -3.42. The number of rotatable bonds is 5. The molecular weight excluding hydrogens is 245 g/mol. The second-order valence-corrected chi connectivity index (χ2v) is 4.21. The van der Waals surface area contributed by atoms with Gasteiger partial charge in [-0.3, -0.25) is 4.79 Å². The third kappa shape index (κ3) is 4.77. The molecule has 0 N–H and O–H groups in total. The van der Waals surface area contributed by atoms with Crippen LogP contribution in [0.3, 0.4) is 0 Å². The normalized spacial score (nSPS) is 13.2. The van der Waals surface area contributed by atoms with Crippen molar-refractivity contribution < 1.29 is 22.7 Å². The molecule has 0 aliphatic carbocycles. The highest BCUT2D eigenvalue weighted by atomic mass is 19.4. The van der Waals surface area contributed by atoms with Crippen molar-refractivity contribution in [3.63, 3.8) is 0 Å². The van der Waals surface area contributed by atoms with E-state index in [4.69, 9.17) is 0 Å². The van der Waals surface area contributed by atoms with Crippen molar-refractivity contribution in [2.75, 3.05) is 0 Å². The first-order valence-electron chi connectivity index (χ1n) is 5.71. The zero-order valence-electron chi connectivity index (χ0n) is 10.3. The van der Waals surface area contributed by atoms with E-state index in [0.717, 1.165) is 18.6 Å². The van der Waals surface area contributed by atoms with Crippen LogP contribution in [-0.4, -0.2) is 12.1 Å². The molecule has 100 valence electrons. The molecule has 0 saturated heterocycles. The Balaban J connectivity index is 2.68. The summed E-state index contributed by atoms with van der Waals surface area (Å²) >= 11 is 0. The Labute approximate surface area is 104 Å². The number of Topliss-reactive ketones (excluding diaryl/α,β-unsaturated/α-hetero) is 1. The minimum atomic E-state index is -4.71. The lowest BCUT2D eigenvalue weighted by molar-refractivity contribution is -0.274. The lowest BCUT2D eigenvalue weighted by atomic mass is 9.98. The highest BCUT2D eigenvalue weighted by molar-refractivity contribution is 5.96. The maximum Gasteiger partial charge on any atom is 0.573 e. The molecule has 5 heteroatoms. The Morgan fingerprint density at radius 1 is 1.28 bits per heavy atom. The van der Waals surface area contributed by atoms with E-state index < -0.39 is 6.36 Å². The number of ether oxygens (including phenoxy) is 1. The molecule has 0 radical (unpaired) electrons. The zero-order valence-corrected chi connectivity index (χ0v) is 10.3. The number of benzene rings is 1. The molecule has 0 bridgehead atoms. The summed E-state index contributed by atoms with van der Waals surface area (Å²) in [6.45, 7) is 3.94. The van der Waals surface area contributed by atoms with Crippen molar-refractivity contribution in [1.82, 2.24) is 0 Å². The van der Waals surface area contributed by atoms with Crippen LogP contribution in [0, 0.1) is 5.92 Å². The molecule has 0 aromatic heterocycles. The number of hydrogen-bond acceptors (Lipinski definition) is 2. The first kappa shape index (κ1) is 14.5. The largest absolute Gasteiger partial charge is 0.573 e. The van der Waals surface area contributed by atoms with Gasteiger partial charge in [0.1, 0.15) is 5.75 Å². The van der Waals surface area contributed by atoms with Gasteiger partial charge in [-0.25, -0.2) is 0 Å². The molecule has 0 saturated carbocycles. The summed E-state index contributed by atoms with van der Waals surface area (Å²) < 4.78 is 39.5. The van der Waals surface area contributed by atoms with E-state index in [1.54, 1.807) is 0 Å². The average molecular weight is 260 g/mol. The van der Waals surface area contributed by atoms with E-state index in [9.17, 15) is 18.0 Å². The molecule has 0 aliphatic heterocycles. The Morgan fingerprint density at radius 3 is 2.28 bits per heavy atom. The summed E-state index contributed by atoms with van der Waals surface area (Å²) in [6, 6.07) is 5.01. The van der Waals surface area contributed by atoms with E-state index in [-0.39, 0.29) is 17.5 Å². The van der Waals surface area contributed by atoms with Crippen LogP contribution in [0.5, 0.6) is 5.75 Å². The van der Waals surface area contributed by atoms with Gasteiger partial charge in [0.25, 0.3) is 0 Å². The molecule has 1 unspecified atom stereocenters. The van der Waals surface area contributed by atoms with Gasteiger partial charge in [-0.15, -0.1) is 13.2 Å². The number of carbonyl (C=O) groups excluding carboxylic acids is 1. The zero-order chi connectivity index (χ0) is 13.8. The number of halogens is 3. The summed E-state index contributed by atoms with van der Waals surface area (Å²) in [4.78, 5) is 11.7. The first-order chi connectivity index (χ1) is 8.31. The molecule has 1 aromatic carbocycles. The minimum absolute atomic E-state index is 0.0668. The molecule has 0 aliphatic rings. The predicted octanol–water partition coefficient (Wildman–Crippen LogP) is 4.20. The molecule has 0 heterocycles. The van der Waals surface area contributed by atoms with Gasteiger partial charge in [0, 0.05) is 12.0 Å². The third-order valence-electron chi connectivity index (χ3n) is 2.64. The van der Waals surface area contributed by atoms with E-state index in [2.05, 4.69) is 4.74 Å². The summed E-state index contributed by atoms with van der Waals surface area (Å²) in [5.41, 5.74) is 0.407. The van der Waals surface area contributed by atoms with Crippen LogP contribution >= 0.6 is 0 Å². The predicted molar refractivity (Wildman–Crippen MR) is 61.5 cm³/mol. The lowest BCUT2D eigenvalue weighted by Crippen LogP contribution is -2.17. The van der Waals surface area contributed by atoms with Crippen molar-refractivity contribution in [3.8, 4) is 5.75 Å². The Morgan fingerprint density at radius 2 is 1.83 bits per heavy atom. The van der Waals surface area contributed by atoms with Gasteiger partial charge in [0.15, 0.2) is 5.78 Å².